The van der Waals surface area contributed by atoms with Gasteiger partial charge in [0, 0.05) is 19.7 Å². The molecule has 1 aliphatic heterocycles. The molecule has 0 unspecified atom stereocenters. The van der Waals surface area contributed by atoms with Crippen molar-refractivity contribution in [1.29, 1.82) is 0 Å². The van der Waals surface area contributed by atoms with Gasteiger partial charge in [-0.15, -0.1) is 0 Å². The minimum Gasteiger partial charge on any atom is -0.391 e. The molecule has 0 fully saturated rings. The molecule has 2 aromatic heterocycles. The Labute approximate surface area is 212 Å². The molecule has 34 heavy (non-hydrogen) atoms. The fraction of sp³-hybridized carbons (Fsp3) is 0.391. The van der Waals surface area contributed by atoms with Crippen molar-refractivity contribution in [1.82, 2.24) is 19.7 Å². The van der Waals surface area contributed by atoms with Gasteiger partial charge in [0.25, 0.3) is 0 Å². The van der Waals surface area contributed by atoms with E-state index in [1.165, 1.54) is 12.1 Å². The summed E-state index contributed by atoms with van der Waals surface area (Å²) in [6.45, 7) is 5.89. The second-order valence-electron chi connectivity index (χ2n) is 8.33. The number of aromatic nitrogens is 4. The lowest BCUT2D eigenvalue weighted by molar-refractivity contribution is -0.119. The number of aliphatic hydroxyl groups excluding tert-OH is 1. The van der Waals surface area contributed by atoms with Gasteiger partial charge in [0.05, 0.1) is 24.5 Å². The summed E-state index contributed by atoms with van der Waals surface area (Å²) in [5.41, 5.74) is 4.24. The zero-order valence-corrected chi connectivity index (χ0v) is 21.6. The van der Waals surface area contributed by atoms with Crippen molar-refractivity contribution in [2.75, 3.05) is 17.3 Å². The van der Waals surface area contributed by atoms with E-state index in [4.69, 9.17) is 0 Å². The first-order valence-corrected chi connectivity index (χ1v) is 10.6. The molecule has 3 heterocycles. The minimum absolute atomic E-state index is 0. The Morgan fingerprint density at radius 3 is 2.62 bits per heavy atom. The van der Waals surface area contributed by atoms with Crippen LogP contribution in [0.15, 0.2) is 30.6 Å². The number of fused-ring (bicyclic) bond motifs is 1. The maximum Gasteiger partial charge on any atom is 0.249 e. The van der Waals surface area contributed by atoms with E-state index in [1.54, 1.807) is 24.9 Å². The van der Waals surface area contributed by atoms with Crippen LogP contribution >= 0.6 is 27.0 Å². The van der Waals surface area contributed by atoms with Crippen molar-refractivity contribution in [3.8, 4) is 0 Å². The van der Waals surface area contributed by atoms with Crippen molar-refractivity contribution in [2.45, 2.75) is 52.3 Å². The SMILES string of the molecule is Cc1cc(F)ccc1Cn1cc(CCc2nc(C)c3c(n2)N(C)[C@@H]([C@H](C)O)C(=O)N3)cn1.S.S. The number of aryl methyl sites for hydroxylation is 4. The number of rotatable bonds is 6. The van der Waals surface area contributed by atoms with Gasteiger partial charge in [-0.1, -0.05) is 6.07 Å². The summed E-state index contributed by atoms with van der Waals surface area (Å²) in [7, 11) is 1.76. The van der Waals surface area contributed by atoms with Crippen LogP contribution in [0.2, 0.25) is 0 Å². The lowest BCUT2D eigenvalue weighted by atomic mass is 10.1. The first-order chi connectivity index (χ1) is 15.2. The number of aliphatic hydroxyl groups is 1. The average molecular weight is 507 g/mol. The van der Waals surface area contributed by atoms with E-state index >= 15 is 0 Å². The van der Waals surface area contributed by atoms with Crippen molar-refractivity contribution in [3.05, 3.63) is 64.6 Å². The van der Waals surface area contributed by atoms with Gasteiger partial charge >= 0.3 is 0 Å². The zero-order chi connectivity index (χ0) is 23.0. The Bertz CT molecular complexity index is 1170. The normalized spacial score (nSPS) is 15.6. The number of amides is 1. The topological polar surface area (TPSA) is 96.2 Å². The summed E-state index contributed by atoms with van der Waals surface area (Å²) in [5.74, 6) is 0.771. The van der Waals surface area contributed by atoms with Gasteiger partial charge in [-0.05, 0) is 56.0 Å². The smallest absolute Gasteiger partial charge is 0.249 e. The molecule has 2 atom stereocenters. The average Bonchev–Trinajstić information content (AvgIpc) is 3.17. The number of hydrogen-bond donors (Lipinski definition) is 2. The van der Waals surface area contributed by atoms with Gasteiger partial charge in [0.15, 0.2) is 5.82 Å². The molecular formula is C23H31FN6O2S2. The van der Waals surface area contributed by atoms with Crippen LogP contribution < -0.4 is 10.2 Å². The highest BCUT2D eigenvalue weighted by molar-refractivity contribution is 7.59. The van der Waals surface area contributed by atoms with Gasteiger partial charge < -0.3 is 15.3 Å². The van der Waals surface area contributed by atoms with Gasteiger partial charge in [-0.3, -0.25) is 9.48 Å². The molecule has 11 heteroatoms. The fourth-order valence-corrected chi connectivity index (χ4v) is 4.06. The summed E-state index contributed by atoms with van der Waals surface area (Å²) in [4.78, 5) is 23.3. The quantitative estimate of drug-likeness (QED) is 0.534. The second kappa shape index (κ2) is 11.2. The monoisotopic (exact) mass is 506 g/mol. The number of carbonyl (C=O) groups excluding carboxylic acids is 1. The first-order valence-electron chi connectivity index (χ1n) is 10.6. The van der Waals surface area contributed by atoms with E-state index in [2.05, 4.69) is 20.4 Å². The van der Waals surface area contributed by atoms with Crippen LogP contribution in [0.3, 0.4) is 0 Å². The van der Waals surface area contributed by atoms with Crippen LogP contribution in [0, 0.1) is 19.7 Å². The largest absolute Gasteiger partial charge is 0.391 e. The maximum atomic E-state index is 13.3. The summed E-state index contributed by atoms with van der Waals surface area (Å²) < 4.78 is 15.2. The van der Waals surface area contributed by atoms with Gasteiger partial charge in [0.1, 0.15) is 23.4 Å². The Morgan fingerprint density at radius 1 is 1.21 bits per heavy atom. The summed E-state index contributed by atoms with van der Waals surface area (Å²) in [6, 6.07) is 4.07. The van der Waals surface area contributed by atoms with E-state index in [9.17, 15) is 14.3 Å². The zero-order valence-electron chi connectivity index (χ0n) is 19.6. The van der Waals surface area contributed by atoms with Crippen LogP contribution in [-0.2, 0) is 24.2 Å². The third-order valence-electron chi connectivity index (χ3n) is 5.80. The standard InChI is InChI=1S/C23H27FN6O2.2H2S/c1-13-9-18(24)7-6-17(13)12-30-11-16(10-25-30)5-8-19-26-14(2)20-22(27-19)29(4)21(15(3)31)23(32)28-20;;/h6-7,9-11,15,21,31H,5,8,12H2,1-4H3,(H,28,32);2*1H2/t15-,21-;;/m0../s1. The predicted octanol–water partition coefficient (Wildman–Crippen LogP) is 2.63. The van der Waals surface area contributed by atoms with Crippen molar-refractivity contribution in [2.24, 2.45) is 0 Å². The molecule has 0 aliphatic carbocycles. The van der Waals surface area contributed by atoms with E-state index < -0.39 is 12.1 Å². The number of benzene rings is 1. The lowest BCUT2D eigenvalue weighted by Crippen LogP contribution is -2.52. The van der Waals surface area contributed by atoms with Crippen molar-refractivity contribution in [3.63, 3.8) is 0 Å². The highest BCUT2D eigenvalue weighted by atomic mass is 32.1. The Kier molecular flexibility index (Phi) is 9.09. The predicted molar refractivity (Wildman–Crippen MR) is 140 cm³/mol. The molecule has 2 N–H and O–H groups in total. The van der Waals surface area contributed by atoms with Crippen LogP contribution in [0.1, 0.15) is 35.1 Å². The van der Waals surface area contributed by atoms with E-state index in [0.717, 1.165) is 16.7 Å². The number of anilines is 2. The third-order valence-corrected chi connectivity index (χ3v) is 5.80. The van der Waals surface area contributed by atoms with E-state index in [1.807, 2.05) is 30.9 Å². The minimum atomic E-state index is -0.831. The van der Waals surface area contributed by atoms with Crippen molar-refractivity contribution >= 4 is 44.4 Å². The Balaban J connectivity index is 0.00000204. The Morgan fingerprint density at radius 2 is 1.94 bits per heavy atom. The molecule has 8 nitrogen and oxygen atoms in total. The molecule has 0 radical (unpaired) electrons. The molecule has 0 saturated heterocycles. The van der Waals surface area contributed by atoms with Crippen LogP contribution in [0.4, 0.5) is 15.9 Å². The second-order valence-corrected chi connectivity index (χ2v) is 8.33. The fourth-order valence-electron chi connectivity index (χ4n) is 4.06. The molecule has 1 aromatic carbocycles. The number of hydrogen-bond acceptors (Lipinski definition) is 6. The molecule has 3 aromatic rings. The first kappa shape index (κ1) is 27.6. The number of nitrogens with one attached hydrogen (secondary N) is 1. The van der Waals surface area contributed by atoms with E-state index in [0.29, 0.717) is 42.4 Å². The molecule has 0 saturated carbocycles. The molecule has 1 aliphatic rings. The van der Waals surface area contributed by atoms with Crippen LogP contribution in [-0.4, -0.2) is 50.0 Å². The highest BCUT2D eigenvalue weighted by Gasteiger charge is 2.36. The number of carbonyl (C=O) groups is 1. The van der Waals surface area contributed by atoms with Gasteiger partial charge in [0.2, 0.25) is 5.91 Å². The third kappa shape index (κ3) is 5.70. The molecule has 0 spiro atoms. The van der Waals surface area contributed by atoms with Crippen LogP contribution in [0.25, 0.3) is 0 Å². The number of nitrogens with zero attached hydrogens (tertiary/aromatic N) is 5. The number of likely N-dealkylation sites (N-methyl/N-ethyl adjacent to an activating group) is 1. The van der Waals surface area contributed by atoms with Gasteiger partial charge in [-0.25, -0.2) is 14.4 Å². The van der Waals surface area contributed by atoms with Crippen LogP contribution in [0.5, 0.6) is 0 Å². The molecule has 0 bridgehead atoms. The lowest BCUT2D eigenvalue weighted by Gasteiger charge is -2.36. The molecule has 1 amide bonds. The maximum absolute atomic E-state index is 13.3. The Hall–Kier alpha value is -2.63. The van der Waals surface area contributed by atoms with E-state index in [-0.39, 0.29) is 38.7 Å². The van der Waals surface area contributed by atoms with Gasteiger partial charge in [-0.2, -0.15) is 32.1 Å². The molecule has 184 valence electrons. The molecular weight excluding hydrogens is 475 g/mol. The molecule has 4 rings (SSSR count). The number of halogens is 1. The summed E-state index contributed by atoms with van der Waals surface area (Å²) in [6.07, 6.45) is 4.28. The summed E-state index contributed by atoms with van der Waals surface area (Å²) in [5, 5.41) is 17.2. The highest BCUT2D eigenvalue weighted by Crippen LogP contribution is 2.32. The summed E-state index contributed by atoms with van der Waals surface area (Å²) >= 11 is 0. The van der Waals surface area contributed by atoms with Crippen molar-refractivity contribution < 1.29 is 14.3 Å².